The SMILES string of the molecule is COc1ccc(C(=N)N)cc1COc1ccc(Br)cc1. The Morgan fingerprint density at radius 2 is 1.90 bits per heavy atom. The van der Waals surface area contributed by atoms with Crippen molar-refractivity contribution >= 4 is 21.8 Å². The van der Waals surface area contributed by atoms with Crippen LogP contribution in [0.2, 0.25) is 0 Å². The Bertz CT molecular complexity index is 612. The lowest BCUT2D eigenvalue weighted by Crippen LogP contribution is -2.12. The van der Waals surface area contributed by atoms with Crippen LogP contribution in [-0.4, -0.2) is 12.9 Å². The van der Waals surface area contributed by atoms with Crippen LogP contribution in [0.15, 0.2) is 46.9 Å². The average Bonchev–Trinajstić information content (AvgIpc) is 2.46. The third kappa shape index (κ3) is 3.51. The van der Waals surface area contributed by atoms with Crippen LogP contribution < -0.4 is 15.2 Å². The molecule has 0 saturated heterocycles. The van der Waals surface area contributed by atoms with Gasteiger partial charge < -0.3 is 15.2 Å². The number of hydrogen-bond acceptors (Lipinski definition) is 3. The molecule has 2 rings (SSSR count). The van der Waals surface area contributed by atoms with E-state index in [0.29, 0.717) is 17.9 Å². The normalized spacial score (nSPS) is 10.1. The first-order chi connectivity index (χ1) is 9.60. The highest BCUT2D eigenvalue weighted by atomic mass is 79.9. The van der Waals surface area contributed by atoms with E-state index in [2.05, 4.69) is 15.9 Å². The van der Waals surface area contributed by atoms with Crippen molar-refractivity contribution in [1.82, 2.24) is 0 Å². The van der Waals surface area contributed by atoms with Crippen molar-refractivity contribution in [3.63, 3.8) is 0 Å². The van der Waals surface area contributed by atoms with E-state index in [0.717, 1.165) is 15.8 Å². The molecule has 104 valence electrons. The lowest BCUT2D eigenvalue weighted by Gasteiger charge is -2.12. The summed E-state index contributed by atoms with van der Waals surface area (Å²) in [7, 11) is 1.60. The van der Waals surface area contributed by atoms with Gasteiger partial charge in [0.25, 0.3) is 0 Å². The van der Waals surface area contributed by atoms with Crippen molar-refractivity contribution in [3.05, 3.63) is 58.1 Å². The predicted octanol–water partition coefficient (Wildman–Crippen LogP) is 3.32. The molecule has 5 heteroatoms. The van der Waals surface area contributed by atoms with Gasteiger partial charge in [-0.15, -0.1) is 0 Å². The van der Waals surface area contributed by atoms with Gasteiger partial charge >= 0.3 is 0 Å². The minimum atomic E-state index is 0.0255. The highest BCUT2D eigenvalue weighted by molar-refractivity contribution is 9.10. The maximum absolute atomic E-state index is 7.47. The van der Waals surface area contributed by atoms with Crippen molar-refractivity contribution in [2.24, 2.45) is 5.73 Å². The van der Waals surface area contributed by atoms with Gasteiger partial charge in [0, 0.05) is 15.6 Å². The molecule has 0 amide bonds. The Hall–Kier alpha value is -2.01. The van der Waals surface area contributed by atoms with Gasteiger partial charge in [0.2, 0.25) is 0 Å². The molecule has 0 atom stereocenters. The van der Waals surface area contributed by atoms with E-state index < -0.39 is 0 Å². The first-order valence-electron chi connectivity index (χ1n) is 6.00. The summed E-state index contributed by atoms with van der Waals surface area (Å²) in [6.07, 6.45) is 0. The van der Waals surface area contributed by atoms with E-state index >= 15 is 0 Å². The molecule has 20 heavy (non-hydrogen) atoms. The van der Waals surface area contributed by atoms with Gasteiger partial charge in [0.15, 0.2) is 0 Å². The molecule has 0 radical (unpaired) electrons. The minimum absolute atomic E-state index is 0.0255. The van der Waals surface area contributed by atoms with E-state index in [-0.39, 0.29) is 5.84 Å². The molecule has 0 heterocycles. The Morgan fingerprint density at radius 3 is 2.50 bits per heavy atom. The first kappa shape index (κ1) is 14.4. The van der Waals surface area contributed by atoms with Crippen LogP contribution in [0, 0.1) is 5.41 Å². The van der Waals surface area contributed by atoms with Gasteiger partial charge in [-0.1, -0.05) is 15.9 Å². The van der Waals surface area contributed by atoms with Crippen LogP contribution >= 0.6 is 15.9 Å². The molecule has 3 N–H and O–H groups in total. The van der Waals surface area contributed by atoms with E-state index in [4.69, 9.17) is 20.6 Å². The Balaban J connectivity index is 2.16. The number of methoxy groups -OCH3 is 1. The van der Waals surface area contributed by atoms with Gasteiger partial charge in [-0.2, -0.15) is 0 Å². The van der Waals surface area contributed by atoms with Gasteiger partial charge in [0.1, 0.15) is 23.9 Å². The van der Waals surface area contributed by atoms with Crippen LogP contribution in [0.5, 0.6) is 11.5 Å². The van der Waals surface area contributed by atoms with E-state index in [9.17, 15) is 0 Å². The van der Waals surface area contributed by atoms with Crippen LogP contribution in [0.4, 0.5) is 0 Å². The minimum Gasteiger partial charge on any atom is -0.496 e. The van der Waals surface area contributed by atoms with Crippen LogP contribution in [0.3, 0.4) is 0 Å². The van der Waals surface area contributed by atoms with E-state index in [1.807, 2.05) is 24.3 Å². The second-order valence-electron chi connectivity index (χ2n) is 4.18. The fraction of sp³-hybridized carbons (Fsp3) is 0.133. The van der Waals surface area contributed by atoms with E-state index in [1.165, 1.54) is 0 Å². The van der Waals surface area contributed by atoms with Crippen LogP contribution in [0.1, 0.15) is 11.1 Å². The highest BCUT2D eigenvalue weighted by Crippen LogP contribution is 2.23. The molecule has 0 spiro atoms. The quantitative estimate of drug-likeness (QED) is 0.651. The average molecular weight is 335 g/mol. The number of nitrogens with one attached hydrogen (secondary N) is 1. The molecule has 0 aliphatic carbocycles. The van der Waals surface area contributed by atoms with Crippen molar-refractivity contribution < 1.29 is 9.47 Å². The molecule has 0 unspecified atom stereocenters. The summed E-state index contributed by atoms with van der Waals surface area (Å²) in [6.45, 7) is 0.353. The fourth-order valence-corrected chi connectivity index (χ4v) is 2.02. The van der Waals surface area contributed by atoms with Crippen molar-refractivity contribution in [3.8, 4) is 11.5 Å². The Kier molecular flexibility index (Phi) is 4.63. The number of rotatable bonds is 5. The molecule has 0 aliphatic heterocycles. The second-order valence-corrected chi connectivity index (χ2v) is 5.10. The second kappa shape index (κ2) is 6.43. The predicted molar refractivity (Wildman–Crippen MR) is 82.5 cm³/mol. The summed E-state index contributed by atoms with van der Waals surface area (Å²) in [6, 6.07) is 12.9. The Morgan fingerprint density at radius 1 is 1.20 bits per heavy atom. The zero-order valence-electron chi connectivity index (χ0n) is 11.0. The highest BCUT2D eigenvalue weighted by Gasteiger charge is 2.07. The largest absolute Gasteiger partial charge is 0.496 e. The third-order valence-corrected chi connectivity index (χ3v) is 3.33. The van der Waals surface area contributed by atoms with Crippen molar-refractivity contribution in [2.45, 2.75) is 6.61 Å². The zero-order valence-corrected chi connectivity index (χ0v) is 12.6. The van der Waals surface area contributed by atoms with Gasteiger partial charge in [-0.3, -0.25) is 5.41 Å². The molecule has 0 saturated carbocycles. The summed E-state index contributed by atoms with van der Waals surface area (Å²) < 4.78 is 12.0. The first-order valence-corrected chi connectivity index (χ1v) is 6.79. The molecule has 4 nitrogen and oxygen atoms in total. The number of ether oxygens (including phenoxy) is 2. The van der Waals surface area contributed by atoms with Gasteiger partial charge in [0.05, 0.1) is 7.11 Å². The fourth-order valence-electron chi connectivity index (χ4n) is 1.75. The number of nitrogen functional groups attached to an aromatic ring is 1. The summed E-state index contributed by atoms with van der Waals surface area (Å²) in [5.41, 5.74) is 7.00. The topological polar surface area (TPSA) is 68.3 Å². The summed E-state index contributed by atoms with van der Waals surface area (Å²) in [5, 5.41) is 7.47. The molecule has 2 aromatic carbocycles. The van der Waals surface area contributed by atoms with Crippen molar-refractivity contribution in [1.29, 1.82) is 5.41 Å². The van der Waals surface area contributed by atoms with Crippen LogP contribution in [0.25, 0.3) is 0 Å². The number of hydrogen-bond donors (Lipinski definition) is 2. The molecular weight excluding hydrogens is 320 g/mol. The summed E-state index contributed by atoms with van der Waals surface area (Å²) in [4.78, 5) is 0. The molecule has 0 aromatic heterocycles. The van der Waals surface area contributed by atoms with Crippen molar-refractivity contribution in [2.75, 3.05) is 7.11 Å². The van der Waals surface area contributed by atoms with Gasteiger partial charge in [-0.05, 0) is 42.5 Å². The number of amidine groups is 1. The molecule has 2 aromatic rings. The van der Waals surface area contributed by atoms with Gasteiger partial charge in [-0.25, -0.2) is 0 Å². The summed E-state index contributed by atoms with van der Waals surface area (Å²) in [5.74, 6) is 1.51. The van der Waals surface area contributed by atoms with Crippen LogP contribution in [-0.2, 0) is 6.61 Å². The smallest absolute Gasteiger partial charge is 0.125 e. The number of nitrogens with two attached hydrogens (primary N) is 1. The molecule has 0 bridgehead atoms. The number of halogens is 1. The third-order valence-electron chi connectivity index (χ3n) is 2.80. The lowest BCUT2D eigenvalue weighted by molar-refractivity contribution is 0.296. The van der Waals surface area contributed by atoms with E-state index in [1.54, 1.807) is 25.3 Å². The monoisotopic (exact) mass is 334 g/mol. The Labute approximate surface area is 126 Å². The molecule has 0 aliphatic rings. The summed E-state index contributed by atoms with van der Waals surface area (Å²) >= 11 is 3.38. The standard InChI is InChI=1S/C15H15BrN2O2/c1-19-14-7-2-10(15(17)18)8-11(14)9-20-13-5-3-12(16)4-6-13/h2-8H,9H2,1H3,(H3,17,18). The maximum Gasteiger partial charge on any atom is 0.125 e. The molecular formula is C15H15BrN2O2. The lowest BCUT2D eigenvalue weighted by atomic mass is 10.1. The number of benzene rings is 2. The molecule has 0 fully saturated rings. The zero-order chi connectivity index (χ0) is 14.5. The maximum atomic E-state index is 7.47.